The fraction of sp³-hybridized carbons (Fsp3) is 0.368. The molecule has 1 atom stereocenters. The normalized spacial score (nSPS) is 11.8. The molecule has 0 aliphatic carbocycles. The van der Waals surface area contributed by atoms with Gasteiger partial charge in [-0.2, -0.15) is 0 Å². The summed E-state index contributed by atoms with van der Waals surface area (Å²) in [5.41, 5.74) is 2.48. The topological polar surface area (TPSA) is 74.8 Å². The summed E-state index contributed by atoms with van der Waals surface area (Å²) in [5, 5.41) is 9.38. The van der Waals surface area contributed by atoms with Gasteiger partial charge in [0.1, 0.15) is 6.04 Å². The molecule has 2 aromatic rings. The van der Waals surface area contributed by atoms with Gasteiger partial charge in [0.25, 0.3) is 5.91 Å². The summed E-state index contributed by atoms with van der Waals surface area (Å²) in [5.74, 6) is -0.307. The molecule has 1 heterocycles. The molecular weight excluding hydrogens is 334 g/mol. The van der Waals surface area contributed by atoms with Crippen molar-refractivity contribution in [3.63, 3.8) is 0 Å². The van der Waals surface area contributed by atoms with Crippen LogP contribution in [0.25, 0.3) is 0 Å². The van der Waals surface area contributed by atoms with E-state index in [2.05, 4.69) is 47.9 Å². The second kappa shape index (κ2) is 9.96. The minimum absolute atomic E-state index is 0.0232. The summed E-state index contributed by atoms with van der Waals surface area (Å²) in [6.45, 7) is 4.85. The van der Waals surface area contributed by atoms with Gasteiger partial charge in [-0.05, 0) is 30.4 Å². The third kappa shape index (κ3) is 5.99. The first-order valence-corrected chi connectivity index (χ1v) is 9.51. The zero-order valence-electron chi connectivity index (χ0n) is 14.7. The van der Waals surface area contributed by atoms with E-state index >= 15 is 0 Å². The Bertz CT molecular complexity index is 668. The van der Waals surface area contributed by atoms with Gasteiger partial charge >= 0.3 is 0 Å². The zero-order chi connectivity index (χ0) is 18.1. The van der Waals surface area contributed by atoms with Gasteiger partial charge in [-0.25, -0.2) is 0 Å². The van der Waals surface area contributed by atoms with E-state index in [1.807, 2.05) is 23.7 Å². The predicted octanol–water partition coefficient (Wildman–Crippen LogP) is 1.22. The Balaban J connectivity index is 1.97. The lowest BCUT2D eigenvalue weighted by molar-refractivity contribution is -0.676. The quantitative estimate of drug-likeness (QED) is 0.629. The van der Waals surface area contributed by atoms with Crippen molar-refractivity contribution in [1.29, 1.82) is 0 Å². The van der Waals surface area contributed by atoms with Crippen LogP contribution in [0, 0.1) is 0 Å². The Morgan fingerprint density at radius 3 is 2.44 bits per heavy atom. The Kier molecular flexibility index (Phi) is 7.63. The van der Waals surface area contributed by atoms with E-state index in [4.69, 9.17) is 0 Å². The number of rotatable bonds is 9. The van der Waals surface area contributed by atoms with Gasteiger partial charge in [0.05, 0.1) is 11.4 Å². The van der Waals surface area contributed by atoms with Crippen molar-refractivity contribution in [3.05, 3.63) is 57.8 Å². The van der Waals surface area contributed by atoms with Crippen molar-refractivity contribution >= 4 is 23.2 Å². The van der Waals surface area contributed by atoms with Crippen molar-refractivity contribution < 1.29 is 14.9 Å². The van der Waals surface area contributed by atoms with Crippen LogP contribution in [0.15, 0.2) is 41.8 Å². The van der Waals surface area contributed by atoms with Crippen LogP contribution in [0.1, 0.15) is 35.9 Å². The molecule has 25 heavy (non-hydrogen) atoms. The first kappa shape index (κ1) is 19.1. The maximum Gasteiger partial charge on any atom is 0.275 e. The van der Waals surface area contributed by atoms with Crippen LogP contribution in [0.4, 0.5) is 0 Å². The number of likely N-dealkylation sites (N-methyl/N-ethyl adjacent to an activating group) is 1. The fourth-order valence-corrected chi connectivity index (χ4v) is 3.43. The van der Waals surface area contributed by atoms with Crippen LogP contribution in [-0.2, 0) is 16.0 Å². The molecular formula is C19H26N3O2S+. The van der Waals surface area contributed by atoms with E-state index in [-0.39, 0.29) is 30.9 Å². The van der Waals surface area contributed by atoms with Crippen LogP contribution in [0.2, 0.25) is 0 Å². The molecule has 4 N–H and O–H groups in total. The molecule has 2 amide bonds. The molecule has 0 saturated carbocycles. The molecule has 1 aromatic heterocycles. The first-order valence-electron chi connectivity index (χ1n) is 8.63. The highest BCUT2D eigenvalue weighted by Gasteiger charge is 2.20. The maximum absolute atomic E-state index is 12.0. The third-order valence-electron chi connectivity index (χ3n) is 3.96. The molecule has 0 radical (unpaired) electrons. The molecule has 0 unspecified atom stereocenters. The van der Waals surface area contributed by atoms with E-state index in [0.29, 0.717) is 6.54 Å². The first-order chi connectivity index (χ1) is 12.1. The smallest absolute Gasteiger partial charge is 0.275 e. The summed E-state index contributed by atoms with van der Waals surface area (Å²) >= 11 is 1.69. The number of carbonyl (C=O) groups is 2. The number of thiophene rings is 1. The number of nitrogens with two attached hydrogens (primary N) is 1. The van der Waals surface area contributed by atoms with Gasteiger partial charge in [-0.15, -0.1) is 11.3 Å². The van der Waals surface area contributed by atoms with E-state index in [1.165, 1.54) is 16.0 Å². The number of benzene rings is 1. The average Bonchev–Trinajstić information content (AvgIpc) is 3.15. The van der Waals surface area contributed by atoms with E-state index in [1.54, 1.807) is 11.3 Å². The Labute approximate surface area is 152 Å². The predicted molar refractivity (Wildman–Crippen MR) is 100 cm³/mol. The average molecular weight is 361 g/mol. The molecule has 134 valence electrons. The van der Waals surface area contributed by atoms with Crippen molar-refractivity contribution in [2.45, 2.75) is 26.3 Å². The monoisotopic (exact) mass is 360 g/mol. The van der Waals surface area contributed by atoms with Gasteiger partial charge in [0.2, 0.25) is 5.91 Å². The maximum atomic E-state index is 12.0. The second-order valence-electron chi connectivity index (χ2n) is 5.76. The van der Waals surface area contributed by atoms with E-state index < -0.39 is 0 Å². The highest BCUT2D eigenvalue weighted by molar-refractivity contribution is 7.10. The Morgan fingerprint density at radius 1 is 1.08 bits per heavy atom. The molecule has 0 aliphatic rings. The highest BCUT2D eigenvalue weighted by Crippen LogP contribution is 2.23. The highest BCUT2D eigenvalue weighted by atomic mass is 32.1. The molecule has 5 nitrogen and oxygen atoms in total. The minimum Gasteiger partial charge on any atom is -0.355 e. The molecule has 0 aliphatic heterocycles. The lowest BCUT2D eigenvalue weighted by Crippen LogP contribution is -2.87. The van der Waals surface area contributed by atoms with Gasteiger partial charge in [0, 0.05) is 12.1 Å². The lowest BCUT2D eigenvalue weighted by Gasteiger charge is -2.15. The third-order valence-corrected chi connectivity index (χ3v) is 4.91. The number of nitrogens with one attached hydrogen (secondary N) is 2. The summed E-state index contributed by atoms with van der Waals surface area (Å²) in [4.78, 5) is 24.7. The van der Waals surface area contributed by atoms with Crippen LogP contribution >= 0.6 is 11.3 Å². The number of hydrogen-bond acceptors (Lipinski definition) is 3. The Hall–Kier alpha value is -2.18. The number of hydrogen-bond donors (Lipinski definition) is 3. The van der Waals surface area contributed by atoms with Gasteiger partial charge in [-0.1, -0.05) is 37.3 Å². The van der Waals surface area contributed by atoms with Crippen molar-refractivity contribution in [3.8, 4) is 0 Å². The molecule has 0 spiro atoms. The molecule has 0 saturated heterocycles. The molecule has 0 bridgehead atoms. The van der Waals surface area contributed by atoms with Crippen molar-refractivity contribution in [1.82, 2.24) is 10.6 Å². The zero-order valence-corrected chi connectivity index (χ0v) is 15.6. The number of amides is 2. The lowest BCUT2D eigenvalue weighted by atomic mass is 10.0. The Morgan fingerprint density at radius 2 is 1.84 bits per heavy atom. The summed E-state index contributed by atoms with van der Waals surface area (Å²) in [6.07, 6.45) is 1.01. The number of quaternary nitrogens is 1. The van der Waals surface area contributed by atoms with Crippen LogP contribution in [0.5, 0.6) is 0 Å². The molecule has 6 heteroatoms. The summed E-state index contributed by atoms with van der Waals surface area (Å²) in [7, 11) is 0. The van der Waals surface area contributed by atoms with Crippen molar-refractivity contribution in [2.24, 2.45) is 0 Å². The van der Waals surface area contributed by atoms with E-state index in [0.717, 1.165) is 6.42 Å². The van der Waals surface area contributed by atoms with Crippen molar-refractivity contribution in [2.75, 3.05) is 19.6 Å². The van der Waals surface area contributed by atoms with Crippen LogP contribution in [0.3, 0.4) is 0 Å². The standard InChI is InChI=1S/C19H25N3O2S/c1-3-14-7-9-15(10-8-14)19(16-6-5-11-25-16)22-13-18(24)21-12-17(23)20-4-2/h5-11,19,22H,3-4,12-13H2,1-2H3,(H,20,23)(H,21,24)/p+1/t19-/m1/s1. The number of aryl methyl sites for hydroxylation is 1. The van der Waals surface area contributed by atoms with Crippen LogP contribution < -0.4 is 16.0 Å². The largest absolute Gasteiger partial charge is 0.355 e. The second-order valence-corrected chi connectivity index (χ2v) is 6.74. The summed E-state index contributed by atoms with van der Waals surface area (Å²) < 4.78 is 0. The van der Waals surface area contributed by atoms with E-state index in [9.17, 15) is 9.59 Å². The van der Waals surface area contributed by atoms with Crippen LogP contribution in [-0.4, -0.2) is 31.4 Å². The van der Waals surface area contributed by atoms with Gasteiger partial charge in [-0.3, -0.25) is 9.59 Å². The fourth-order valence-electron chi connectivity index (χ4n) is 2.58. The van der Waals surface area contributed by atoms with Gasteiger partial charge < -0.3 is 16.0 Å². The number of carbonyl (C=O) groups excluding carboxylic acids is 2. The molecule has 0 fully saturated rings. The molecule has 1 aromatic carbocycles. The summed E-state index contributed by atoms with van der Waals surface area (Å²) in [6, 6.07) is 12.7. The molecule has 2 rings (SSSR count). The minimum atomic E-state index is -0.166. The van der Waals surface area contributed by atoms with Gasteiger partial charge in [0.15, 0.2) is 6.54 Å². The SMILES string of the molecule is CCNC(=O)CNC(=O)C[NH2+][C@H](c1ccc(CC)cc1)c1cccs1.